The van der Waals surface area contributed by atoms with E-state index in [1.165, 1.54) is 6.07 Å². The van der Waals surface area contributed by atoms with E-state index in [2.05, 4.69) is 5.32 Å². The SMILES string of the molecule is Cc1ccc(C(C)C)c(OCC(=O)Nc2ccc(F)c(F)c2)c1. The molecule has 1 amide bonds. The fraction of sp³-hybridized carbons (Fsp3) is 0.278. The second kappa shape index (κ2) is 7.22. The van der Waals surface area contributed by atoms with Crippen LogP contribution in [0.1, 0.15) is 30.9 Å². The molecule has 0 spiro atoms. The molecule has 3 nitrogen and oxygen atoms in total. The Morgan fingerprint density at radius 1 is 1.13 bits per heavy atom. The van der Waals surface area contributed by atoms with Crippen molar-refractivity contribution in [1.29, 1.82) is 0 Å². The van der Waals surface area contributed by atoms with Gasteiger partial charge in [-0.15, -0.1) is 0 Å². The Morgan fingerprint density at radius 3 is 2.52 bits per heavy atom. The van der Waals surface area contributed by atoms with Crippen LogP contribution in [0.4, 0.5) is 14.5 Å². The van der Waals surface area contributed by atoms with Gasteiger partial charge in [-0.3, -0.25) is 4.79 Å². The lowest BCUT2D eigenvalue weighted by molar-refractivity contribution is -0.118. The number of amides is 1. The number of carbonyl (C=O) groups excluding carboxylic acids is 1. The van der Waals surface area contributed by atoms with Crippen molar-refractivity contribution in [1.82, 2.24) is 0 Å². The lowest BCUT2D eigenvalue weighted by Crippen LogP contribution is -2.20. The Bertz CT molecular complexity index is 714. The molecule has 0 saturated heterocycles. The molecule has 0 heterocycles. The van der Waals surface area contributed by atoms with E-state index in [9.17, 15) is 13.6 Å². The number of nitrogens with one attached hydrogen (secondary N) is 1. The topological polar surface area (TPSA) is 38.3 Å². The van der Waals surface area contributed by atoms with Crippen molar-refractivity contribution >= 4 is 11.6 Å². The molecule has 0 unspecified atom stereocenters. The molecule has 0 radical (unpaired) electrons. The maximum atomic E-state index is 13.1. The van der Waals surface area contributed by atoms with Crippen LogP contribution in [0.5, 0.6) is 5.75 Å². The van der Waals surface area contributed by atoms with Crippen LogP contribution in [0.15, 0.2) is 36.4 Å². The summed E-state index contributed by atoms with van der Waals surface area (Å²) in [6.07, 6.45) is 0. The molecule has 0 bridgehead atoms. The Balaban J connectivity index is 2.01. The molecule has 122 valence electrons. The molecule has 23 heavy (non-hydrogen) atoms. The second-order valence-corrected chi connectivity index (χ2v) is 5.66. The van der Waals surface area contributed by atoms with Crippen LogP contribution in [0.3, 0.4) is 0 Å². The Kier molecular flexibility index (Phi) is 5.32. The van der Waals surface area contributed by atoms with Crippen LogP contribution >= 0.6 is 0 Å². The van der Waals surface area contributed by atoms with E-state index < -0.39 is 17.5 Å². The van der Waals surface area contributed by atoms with E-state index in [0.717, 1.165) is 23.3 Å². The third-order valence-electron chi connectivity index (χ3n) is 3.35. The highest BCUT2D eigenvalue weighted by Crippen LogP contribution is 2.27. The zero-order chi connectivity index (χ0) is 17.0. The van der Waals surface area contributed by atoms with Crippen molar-refractivity contribution in [3.63, 3.8) is 0 Å². The zero-order valence-electron chi connectivity index (χ0n) is 13.3. The van der Waals surface area contributed by atoms with E-state index in [1.54, 1.807) is 0 Å². The predicted molar refractivity (Wildman–Crippen MR) is 85.8 cm³/mol. The van der Waals surface area contributed by atoms with Gasteiger partial charge in [0.1, 0.15) is 5.75 Å². The summed E-state index contributed by atoms with van der Waals surface area (Å²) in [6.45, 7) is 5.82. The van der Waals surface area contributed by atoms with Crippen molar-refractivity contribution in [3.8, 4) is 5.75 Å². The minimum Gasteiger partial charge on any atom is -0.483 e. The molecular formula is C18H19F2NO2. The Labute approximate surface area is 134 Å². The van der Waals surface area contributed by atoms with E-state index in [4.69, 9.17) is 4.74 Å². The van der Waals surface area contributed by atoms with Gasteiger partial charge in [-0.05, 0) is 42.2 Å². The van der Waals surface area contributed by atoms with Gasteiger partial charge in [0, 0.05) is 11.8 Å². The number of hydrogen-bond donors (Lipinski definition) is 1. The van der Waals surface area contributed by atoms with E-state index in [0.29, 0.717) is 5.75 Å². The standard InChI is InChI=1S/C18H19F2NO2/c1-11(2)14-6-4-12(3)8-17(14)23-10-18(22)21-13-5-7-15(19)16(20)9-13/h4-9,11H,10H2,1-3H3,(H,21,22). The average Bonchev–Trinajstić information content (AvgIpc) is 2.48. The van der Waals surface area contributed by atoms with Gasteiger partial charge < -0.3 is 10.1 Å². The highest BCUT2D eigenvalue weighted by Gasteiger charge is 2.11. The summed E-state index contributed by atoms with van der Waals surface area (Å²) in [7, 11) is 0. The van der Waals surface area contributed by atoms with Crippen LogP contribution in [0, 0.1) is 18.6 Å². The fourth-order valence-electron chi connectivity index (χ4n) is 2.16. The molecule has 2 rings (SSSR count). The van der Waals surface area contributed by atoms with Gasteiger partial charge in [-0.1, -0.05) is 26.0 Å². The summed E-state index contributed by atoms with van der Waals surface area (Å²) in [6, 6.07) is 9.03. The molecule has 0 fully saturated rings. The van der Waals surface area contributed by atoms with Crippen LogP contribution in [0.2, 0.25) is 0 Å². The third-order valence-corrected chi connectivity index (χ3v) is 3.35. The molecule has 0 aromatic heterocycles. The molecule has 0 aliphatic heterocycles. The summed E-state index contributed by atoms with van der Waals surface area (Å²) in [4.78, 5) is 11.9. The number of anilines is 1. The maximum absolute atomic E-state index is 13.1. The Morgan fingerprint density at radius 2 is 1.87 bits per heavy atom. The van der Waals surface area contributed by atoms with Gasteiger partial charge in [0.25, 0.3) is 5.91 Å². The third kappa shape index (κ3) is 4.52. The summed E-state index contributed by atoms with van der Waals surface area (Å²) in [5.41, 5.74) is 2.23. The minimum absolute atomic E-state index is 0.186. The highest BCUT2D eigenvalue weighted by atomic mass is 19.2. The van der Waals surface area contributed by atoms with E-state index in [-0.39, 0.29) is 18.2 Å². The number of hydrogen-bond acceptors (Lipinski definition) is 2. The normalized spacial score (nSPS) is 10.7. The van der Waals surface area contributed by atoms with Crippen molar-refractivity contribution in [2.45, 2.75) is 26.7 Å². The predicted octanol–water partition coefficient (Wildman–Crippen LogP) is 4.41. The first kappa shape index (κ1) is 16.9. The fourth-order valence-corrected chi connectivity index (χ4v) is 2.16. The molecule has 5 heteroatoms. The van der Waals surface area contributed by atoms with Crippen LogP contribution in [-0.4, -0.2) is 12.5 Å². The molecule has 0 atom stereocenters. The molecule has 2 aromatic carbocycles. The molecule has 0 aliphatic carbocycles. The second-order valence-electron chi connectivity index (χ2n) is 5.66. The average molecular weight is 319 g/mol. The summed E-state index contributed by atoms with van der Waals surface area (Å²) >= 11 is 0. The van der Waals surface area contributed by atoms with Gasteiger partial charge in [0.05, 0.1) is 0 Å². The number of carbonyl (C=O) groups is 1. The first-order valence-electron chi connectivity index (χ1n) is 7.35. The number of halogens is 2. The summed E-state index contributed by atoms with van der Waals surface area (Å²) < 4.78 is 31.5. The van der Waals surface area contributed by atoms with Crippen molar-refractivity contribution in [2.75, 3.05) is 11.9 Å². The lowest BCUT2D eigenvalue weighted by Gasteiger charge is -2.15. The number of rotatable bonds is 5. The maximum Gasteiger partial charge on any atom is 0.262 e. The van der Waals surface area contributed by atoms with Crippen molar-refractivity contribution < 1.29 is 18.3 Å². The van der Waals surface area contributed by atoms with E-state index in [1.807, 2.05) is 39.0 Å². The first-order valence-corrected chi connectivity index (χ1v) is 7.35. The smallest absolute Gasteiger partial charge is 0.262 e. The molecule has 0 aliphatic rings. The number of benzene rings is 2. The van der Waals surface area contributed by atoms with Crippen molar-refractivity contribution in [3.05, 3.63) is 59.2 Å². The monoisotopic (exact) mass is 319 g/mol. The van der Waals surface area contributed by atoms with Gasteiger partial charge in [0.2, 0.25) is 0 Å². The highest BCUT2D eigenvalue weighted by molar-refractivity contribution is 5.91. The quantitative estimate of drug-likeness (QED) is 0.886. The summed E-state index contributed by atoms with van der Waals surface area (Å²) in [5, 5.41) is 2.47. The van der Waals surface area contributed by atoms with Crippen LogP contribution in [-0.2, 0) is 4.79 Å². The van der Waals surface area contributed by atoms with Crippen LogP contribution in [0.25, 0.3) is 0 Å². The van der Waals surface area contributed by atoms with Gasteiger partial charge in [-0.25, -0.2) is 8.78 Å². The Hall–Kier alpha value is -2.43. The largest absolute Gasteiger partial charge is 0.483 e. The number of ether oxygens (including phenoxy) is 1. The lowest BCUT2D eigenvalue weighted by atomic mass is 10.0. The molecule has 2 aromatic rings. The zero-order valence-corrected chi connectivity index (χ0v) is 13.3. The molecular weight excluding hydrogens is 300 g/mol. The summed E-state index contributed by atoms with van der Waals surface area (Å²) in [5.74, 6) is -1.49. The van der Waals surface area contributed by atoms with E-state index >= 15 is 0 Å². The minimum atomic E-state index is -1.01. The number of aryl methyl sites for hydroxylation is 1. The van der Waals surface area contributed by atoms with Gasteiger partial charge >= 0.3 is 0 Å². The van der Waals surface area contributed by atoms with Crippen molar-refractivity contribution in [2.24, 2.45) is 0 Å². The first-order chi connectivity index (χ1) is 10.9. The molecule has 0 saturated carbocycles. The van der Waals surface area contributed by atoms with Gasteiger partial charge in [0.15, 0.2) is 18.2 Å². The van der Waals surface area contributed by atoms with Gasteiger partial charge in [-0.2, -0.15) is 0 Å². The molecule has 1 N–H and O–H groups in total. The van der Waals surface area contributed by atoms with Crippen LogP contribution < -0.4 is 10.1 Å².